The van der Waals surface area contributed by atoms with Gasteiger partial charge in [0.05, 0.1) is 11.4 Å². The van der Waals surface area contributed by atoms with E-state index in [0.29, 0.717) is 12.0 Å². The van der Waals surface area contributed by atoms with Crippen LogP contribution in [-0.4, -0.2) is 9.97 Å². The molecule has 3 aromatic rings. The molecule has 0 saturated heterocycles. The second-order valence-corrected chi connectivity index (χ2v) is 6.96. The number of fused-ring (bicyclic) bond motifs is 2. The van der Waals surface area contributed by atoms with Crippen molar-refractivity contribution >= 4 is 44.7 Å². The Balaban J connectivity index is 1.73. The Morgan fingerprint density at radius 3 is 3.00 bits per heavy atom. The number of nitrogens with two attached hydrogens (primary N) is 1. The number of hydrazine groups is 1. The van der Waals surface area contributed by atoms with Crippen LogP contribution in [0.15, 0.2) is 22.9 Å². The van der Waals surface area contributed by atoms with Gasteiger partial charge in [-0.3, -0.25) is 5.43 Å². The van der Waals surface area contributed by atoms with Crippen molar-refractivity contribution in [3.8, 4) is 0 Å². The SMILES string of the molecule is NNc1nc(NC2CCCc3sccc32)c2ccsc2n1. The summed E-state index contributed by atoms with van der Waals surface area (Å²) in [6.07, 6.45) is 3.54. The van der Waals surface area contributed by atoms with Crippen molar-refractivity contribution in [1.29, 1.82) is 0 Å². The highest BCUT2D eigenvalue weighted by Crippen LogP contribution is 2.37. The molecule has 0 fully saturated rings. The maximum absolute atomic E-state index is 5.48. The molecule has 3 aromatic heterocycles. The van der Waals surface area contributed by atoms with Gasteiger partial charge in [-0.1, -0.05) is 0 Å². The lowest BCUT2D eigenvalue weighted by molar-refractivity contribution is 0.607. The number of nitrogens with zero attached hydrogens (tertiary/aromatic N) is 2. The average molecular weight is 317 g/mol. The second kappa shape index (κ2) is 5.25. The molecule has 1 unspecified atom stereocenters. The molecule has 4 rings (SSSR count). The zero-order valence-electron chi connectivity index (χ0n) is 11.3. The average Bonchev–Trinajstić information content (AvgIpc) is 3.16. The zero-order chi connectivity index (χ0) is 14.2. The minimum atomic E-state index is 0.323. The molecule has 108 valence electrons. The van der Waals surface area contributed by atoms with E-state index in [4.69, 9.17) is 5.84 Å². The minimum Gasteiger partial charge on any atom is -0.363 e. The van der Waals surface area contributed by atoms with Gasteiger partial charge in [0, 0.05) is 4.88 Å². The third kappa shape index (κ3) is 2.27. The summed E-state index contributed by atoms with van der Waals surface area (Å²) in [5.74, 6) is 6.79. The maximum atomic E-state index is 5.48. The number of aryl methyl sites for hydroxylation is 1. The molecule has 0 bridgehead atoms. The van der Waals surface area contributed by atoms with Gasteiger partial charge in [0.1, 0.15) is 10.6 Å². The molecule has 0 radical (unpaired) electrons. The Morgan fingerprint density at radius 2 is 2.10 bits per heavy atom. The van der Waals surface area contributed by atoms with Gasteiger partial charge in [0.25, 0.3) is 0 Å². The fraction of sp³-hybridized carbons (Fsp3) is 0.286. The number of nitrogens with one attached hydrogen (secondary N) is 2. The maximum Gasteiger partial charge on any atom is 0.240 e. The molecule has 7 heteroatoms. The smallest absolute Gasteiger partial charge is 0.240 e. The molecule has 0 aliphatic heterocycles. The minimum absolute atomic E-state index is 0.323. The topological polar surface area (TPSA) is 75.9 Å². The number of hydrogen-bond donors (Lipinski definition) is 3. The van der Waals surface area contributed by atoms with Crippen molar-refractivity contribution in [3.63, 3.8) is 0 Å². The lowest BCUT2D eigenvalue weighted by Crippen LogP contribution is -2.18. The van der Waals surface area contributed by atoms with E-state index in [9.17, 15) is 0 Å². The van der Waals surface area contributed by atoms with Crippen LogP contribution in [0.4, 0.5) is 11.8 Å². The second-order valence-electron chi connectivity index (χ2n) is 5.07. The molecule has 21 heavy (non-hydrogen) atoms. The van der Waals surface area contributed by atoms with Crippen molar-refractivity contribution in [1.82, 2.24) is 9.97 Å². The lowest BCUT2D eigenvalue weighted by Gasteiger charge is -2.24. The van der Waals surface area contributed by atoms with Crippen LogP contribution in [0.5, 0.6) is 0 Å². The highest BCUT2D eigenvalue weighted by Gasteiger charge is 2.22. The van der Waals surface area contributed by atoms with Crippen LogP contribution < -0.4 is 16.6 Å². The van der Waals surface area contributed by atoms with Gasteiger partial charge >= 0.3 is 0 Å². The van der Waals surface area contributed by atoms with Gasteiger partial charge in [-0.2, -0.15) is 4.98 Å². The van der Waals surface area contributed by atoms with Crippen molar-refractivity contribution in [3.05, 3.63) is 33.3 Å². The Hall–Kier alpha value is -1.70. The van der Waals surface area contributed by atoms with Crippen LogP contribution in [0.25, 0.3) is 10.2 Å². The largest absolute Gasteiger partial charge is 0.363 e. The van der Waals surface area contributed by atoms with Gasteiger partial charge in [0.15, 0.2) is 0 Å². The van der Waals surface area contributed by atoms with Crippen LogP contribution in [-0.2, 0) is 6.42 Å². The summed E-state index contributed by atoms with van der Waals surface area (Å²) in [4.78, 5) is 11.3. The van der Waals surface area contributed by atoms with Crippen LogP contribution in [0.2, 0.25) is 0 Å². The van der Waals surface area contributed by atoms with E-state index in [-0.39, 0.29) is 0 Å². The third-order valence-electron chi connectivity index (χ3n) is 3.82. The van der Waals surface area contributed by atoms with Gasteiger partial charge < -0.3 is 5.32 Å². The van der Waals surface area contributed by atoms with E-state index >= 15 is 0 Å². The Bertz CT molecular complexity index is 779. The Kier molecular flexibility index (Phi) is 3.25. The first-order valence-electron chi connectivity index (χ1n) is 6.90. The van der Waals surface area contributed by atoms with Crippen LogP contribution in [0, 0.1) is 0 Å². The fourth-order valence-electron chi connectivity index (χ4n) is 2.83. The number of anilines is 2. The summed E-state index contributed by atoms with van der Waals surface area (Å²) in [6, 6.07) is 4.61. The van der Waals surface area contributed by atoms with E-state index < -0.39 is 0 Å². The molecule has 0 spiro atoms. The molecule has 0 aromatic carbocycles. The summed E-state index contributed by atoms with van der Waals surface area (Å²) < 4.78 is 0. The van der Waals surface area contributed by atoms with Gasteiger partial charge in [0.2, 0.25) is 5.95 Å². The summed E-state index contributed by atoms with van der Waals surface area (Å²) in [5, 5.41) is 8.86. The monoisotopic (exact) mass is 317 g/mol. The number of hydrogen-bond acceptors (Lipinski definition) is 7. The third-order valence-corrected chi connectivity index (χ3v) is 5.62. The summed E-state index contributed by atoms with van der Waals surface area (Å²) in [6.45, 7) is 0. The van der Waals surface area contributed by atoms with Crippen LogP contribution in [0.3, 0.4) is 0 Å². The Labute approximate surface area is 130 Å². The van der Waals surface area contributed by atoms with Gasteiger partial charge in [-0.05, 0) is 47.7 Å². The number of nitrogen functional groups attached to an aromatic ring is 1. The zero-order valence-corrected chi connectivity index (χ0v) is 12.9. The number of rotatable bonds is 3. The number of thiophene rings is 2. The highest BCUT2D eigenvalue weighted by atomic mass is 32.1. The van der Waals surface area contributed by atoms with E-state index in [2.05, 4.69) is 38.2 Å². The molecule has 3 heterocycles. The van der Waals surface area contributed by atoms with Crippen LogP contribution in [0.1, 0.15) is 29.3 Å². The Morgan fingerprint density at radius 1 is 1.19 bits per heavy atom. The summed E-state index contributed by atoms with van der Waals surface area (Å²) >= 11 is 3.45. The molecule has 0 saturated carbocycles. The fourth-order valence-corrected chi connectivity index (χ4v) is 4.58. The van der Waals surface area contributed by atoms with E-state index in [1.807, 2.05) is 16.7 Å². The highest BCUT2D eigenvalue weighted by molar-refractivity contribution is 7.16. The molecule has 1 atom stereocenters. The van der Waals surface area contributed by atoms with Crippen molar-refractivity contribution in [2.75, 3.05) is 10.7 Å². The quantitative estimate of drug-likeness (QED) is 0.509. The van der Waals surface area contributed by atoms with E-state index in [1.54, 1.807) is 11.3 Å². The summed E-state index contributed by atoms with van der Waals surface area (Å²) in [5.41, 5.74) is 3.96. The molecule has 1 aliphatic carbocycles. The summed E-state index contributed by atoms with van der Waals surface area (Å²) in [7, 11) is 0. The van der Waals surface area contributed by atoms with E-state index in [0.717, 1.165) is 22.5 Å². The van der Waals surface area contributed by atoms with Gasteiger partial charge in [-0.25, -0.2) is 10.8 Å². The molecular weight excluding hydrogens is 302 g/mol. The standard InChI is InChI=1S/C14H15N5S2/c15-19-14-17-12(9-5-7-21-13(9)18-14)16-10-2-1-3-11-8(10)4-6-20-11/h4-7,10H,1-3,15H2,(H2,16,17,18,19). The normalized spacial score (nSPS) is 17.7. The lowest BCUT2D eigenvalue weighted by atomic mass is 9.94. The molecule has 0 amide bonds. The predicted molar refractivity (Wildman–Crippen MR) is 88.8 cm³/mol. The van der Waals surface area contributed by atoms with E-state index in [1.165, 1.54) is 23.3 Å². The van der Waals surface area contributed by atoms with Gasteiger partial charge in [-0.15, -0.1) is 22.7 Å². The van der Waals surface area contributed by atoms with Crippen molar-refractivity contribution in [2.24, 2.45) is 5.84 Å². The first-order valence-corrected chi connectivity index (χ1v) is 8.66. The molecular formula is C14H15N5S2. The first-order chi connectivity index (χ1) is 10.3. The first kappa shape index (κ1) is 13.0. The number of aromatic nitrogens is 2. The van der Waals surface area contributed by atoms with Crippen LogP contribution >= 0.6 is 22.7 Å². The molecule has 1 aliphatic rings. The molecule has 5 nitrogen and oxygen atoms in total. The predicted octanol–water partition coefficient (Wildman–Crippen LogP) is 3.53. The van der Waals surface area contributed by atoms with Crippen molar-refractivity contribution < 1.29 is 0 Å². The van der Waals surface area contributed by atoms with Crippen molar-refractivity contribution in [2.45, 2.75) is 25.3 Å². The molecule has 4 N–H and O–H groups in total.